The van der Waals surface area contributed by atoms with Crippen LogP contribution in [0.2, 0.25) is 0 Å². The van der Waals surface area contributed by atoms with Crippen molar-refractivity contribution < 1.29 is 0 Å². The van der Waals surface area contributed by atoms with Gasteiger partial charge in [0.2, 0.25) is 0 Å². The molecule has 2 rings (SSSR count). The first kappa shape index (κ1) is 13.1. The van der Waals surface area contributed by atoms with Gasteiger partial charge in [-0.2, -0.15) is 0 Å². The average molecular weight is 251 g/mol. The van der Waals surface area contributed by atoms with Crippen molar-refractivity contribution >= 4 is 11.3 Å². The molecule has 1 heterocycles. The molecule has 0 unspecified atom stereocenters. The Labute approximate surface area is 110 Å². The van der Waals surface area contributed by atoms with Crippen LogP contribution in [-0.2, 0) is 6.54 Å². The summed E-state index contributed by atoms with van der Waals surface area (Å²) in [6, 6.07) is 3.10. The molecule has 0 aliphatic heterocycles. The SMILES string of the molecule is CCC1CCC(NCc2cc(C)sc2C)CC1. The van der Waals surface area contributed by atoms with Crippen LogP contribution in [0.5, 0.6) is 0 Å². The van der Waals surface area contributed by atoms with Gasteiger partial charge in [0.05, 0.1) is 0 Å². The fourth-order valence-corrected chi connectivity index (χ4v) is 3.83. The molecular formula is C15H25NS. The van der Waals surface area contributed by atoms with E-state index < -0.39 is 0 Å². The van der Waals surface area contributed by atoms with E-state index in [9.17, 15) is 0 Å². The number of rotatable bonds is 4. The molecule has 1 aromatic rings. The molecule has 0 atom stereocenters. The highest BCUT2D eigenvalue weighted by Crippen LogP contribution is 2.27. The third kappa shape index (κ3) is 3.56. The molecule has 0 saturated heterocycles. The quantitative estimate of drug-likeness (QED) is 0.835. The second-order valence-corrected chi connectivity index (χ2v) is 6.91. The summed E-state index contributed by atoms with van der Waals surface area (Å²) in [6.07, 6.45) is 6.97. The molecule has 0 spiro atoms. The van der Waals surface area contributed by atoms with Gasteiger partial charge in [0.15, 0.2) is 0 Å². The van der Waals surface area contributed by atoms with Gasteiger partial charge in [0.1, 0.15) is 0 Å². The highest BCUT2D eigenvalue weighted by atomic mass is 32.1. The summed E-state index contributed by atoms with van der Waals surface area (Å²) in [5.41, 5.74) is 1.50. The highest BCUT2D eigenvalue weighted by molar-refractivity contribution is 7.12. The molecule has 0 aromatic carbocycles. The van der Waals surface area contributed by atoms with Crippen LogP contribution in [-0.4, -0.2) is 6.04 Å². The van der Waals surface area contributed by atoms with Crippen LogP contribution in [0.4, 0.5) is 0 Å². The van der Waals surface area contributed by atoms with Gasteiger partial charge in [-0.25, -0.2) is 0 Å². The normalized spacial score (nSPS) is 25.1. The Morgan fingerprint density at radius 2 is 1.94 bits per heavy atom. The van der Waals surface area contributed by atoms with Gasteiger partial charge >= 0.3 is 0 Å². The average Bonchev–Trinajstić information content (AvgIpc) is 2.66. The third-order valence-electron chi connectivity index (χ3n) is 4.15. The van der Waals surface area contributed by atoms with Crippen molar-refractivity contribution in [1.82, 2.24) is 5.32 Å². The Kier molecular flexibility index (Phi) is 4.63. The smallest absolute Gasteiger partial charge is 0.0219 e. The van der Waals surface area contributed by atoms with Gasteiger partial charge in [-0.05, 0) is 57.1 Å². The summed E-state index contributed by atoms with van der Waals surface area (Å²) in [5.74, 6) is 0.998. The van der Waals surface area contributed by atoms with Gasteiger partial charge in [0.25, 0.3) is 0 Å². The van der Waals surface area contributed by atoms with Crippen LogP contribution < -0.4 is 5.32 Å². The molecule has 0 amide bonds. The molecule has 17 heavy (non-hydrogen) atoms. The maximum absolute atomic E-state index is 3.74. The fraction of sp³-hybridized carbons (Fsp3) is 0.733. The highest BCUT2D eigenvalue weighted by Gasteiger charge is 2.19. The standard InChI is InChI=1S/C15H25NS/c1-4-13-5-7-15(8-6-13)16-10-14-9-11(2)17-12(14)3/h9,13,15-16H,4-8,10H2,1-3H3. The van der Waals surface area contributed by atoms with Crippen LogP contribution >= 0.6 is 11.3 Å². The Bertz CT molecular complexity index is 348. The van der Waals surface area contributed by atoms with Gasteiger partial charge in [0, 0.05) is 22.3 Å². The summed E-state index contributed by atoms with van der Waals surface area (Å²) in [5, 5.41) is 3.74. The molecule has 1 fully saturated rings. The Morgan fingerprint density at radius 3 is 2.47 bits per heavy atom. The molecule has 0 bridgehead atoms. The van der Waals surface area contributed by atoms with Gasteiger partial charge in [-0.15, -0.1) is 11.3 Å². The Hall–Kier alpha value is -0.340. The van der Waals surface area contributed by atoms with Crippen molar-refractivity contribution in [3.63, 3.8) is 0 Å². The minimum Gasteiger partial charge on any atom is -0.310 e. The summed E-state index contributed by atoms with van der Waals surface area (Å²) in [4.78, 5) is 2.92. The molecule has 2 heteroatoms. The van der Waals surface area contributed by atoms with Crippen LogP contribution in [0.25, 0.3) is 0 Å². The number of aryl methyl sites for hydroxylation is 2. The minimum atomic E-state index is 0.761. The summed E-state index contributed by atoms with van der Waals surface area (Å²) in [6.45, 7) is 7.84. The van der Waals surface area contributed by atoms with E-state index >= 15 is 0 Å². The zero-order chi connectivity index (χ0) is 12.3. The zero-order valence-electron chi connectivity index (χ0n) is 11.4. The molecular weight excluding hydrogens is 226 g/mol. The van der Waals surface area contributed by atoms with Gasteiger partial charge in [-0.3, -0.25) is 0 Å². The lowest BCUT2D eigenvalue weighted by atomic mass is 9.84. The molecule has 1 nitrogen and oxygen atoms in total. The lowest BCUT2D eigenvalue weighted by Crippen LogP contribution is -2.32. The number of thiophene rings is 1. The van der Waals surface area contributed by atoms with Crippen LogP contribution in [0.3, 0.4) is 0 Å². The van der Waals surface area contributed by atoms with E-state index in [0.717, 1.165) is 18.5 Å². The number of hydrogen-bond acceptors (Lipinski definition) is 2. The van der Waals surface area contributed by atoms with Crippen molar-refractivity contribution in [2.24, 2.45) is 5.92 Å². The van der Waals surface area contributed by atoms with Crippen LogP contribution in [0.15, 0.2) is 6.07 Å². The topological polar surface area (TPSA) is 12.0 Å². The predicted octanol–water partition coefficient (Wildman–Crippen LogP) is 4.42. The molecule has 1 saturated carbocycles. The predicted molar refractivity (Wildman–Crippen MR) is 76.7 cm³/mol. The van der Waals surface area contributed by atoms with E-state index in [0.29, 0.717) is 0 Å². The third-order valence-corrected chi connectivity index (χ3v) is 5.16. The Morgan fingerprint density at radius 1 is 1.24 bits per heavy atom. The molecule has 0 radical (unpaired) electrons. The van der Waals surface area contributed by atoms with E-state index in [1.165, 1.54) is 47.4 Å². The summed E-state index contributed by atoms with van der Waals surface area (Å²) in [7, 11) is 0. The van der Waals surface area contributed by atoms with Crippen LogP contribution in [0, 0.1) is 19.8 Å². The monoisotopic (exact) mass is 251 g/mol. The van der Waals surface area contributed by atoms with E-state index in [2.05, 4.69) is 32.2 Å². The van der Waals surface area contributed by atoms with E-state index in [1.54, 1.807) is 0 Å². The maximum atomic E-state index is 3.74. The Balaban J connectivity index is 1.77. The zero-order valence-corrected chi connectivity index (χ0v) is 12.2. The number of nitrogens with one attached hydrogen (secondary N) is 1. The molecule has 1 aliphatic rings. The van der Waals surface area contributed by atoms with E-state index in [4.69, 9.17) is 0 Å². The largest absolute Gasteiger partial charge is 0.310 e. The van der Waals surface area contributed by atoms with Crippen molar-refractivity contribution in [2.45, 2.75) is 65.5 Å². The van der Waals surface area contributed by atoms with E-state index in [-0.39, 0.29) is 0 Å². The van der Waals surface area contributed by atoms with Crippen molar-refractivity contribution in [3.8, 4) is 0 Å². The lowest BCUT2D eigenvalue weighted by Gasteiger charge is -2.28. The van der Waals surface area contributed by atoms with Crippen LogP contribution in [0.1, 0.15) is 54.3 Å². The van der Waals surface area contributed by atoms with Gasteiger partial charge < -0.3 is 5.32 Å². The maximum Gasteiger partial charge on any atom is 0.0219 e. The van der Waals surface area contributed by atoms with Crippen molar-refractivity contribution in [3.05, 3.63) is 21.4 Å². The lowest BCUT2D eigenvalue weighted by molar-refractivity contribution is 0.285. The van der Waals surface area contributed by atoms with Crippen molar-refractivity contribution in [2.75, 3.05) is 0 Å². The molecule has 1 N–H and O–H groups in total. The first-order valence-corrected chi connectivity index (χ1v) is 7.80. The number of hydrogen-bond donors (Lipinski definition) is 1. The minimum absolute atomic E-state index is 0.761. The first-order chi connectivity index (χ1) is 8.19. The molecule has 1 aliphatic carbocycles. The van der Waals surface area contributed by atoms with E-state index in [1.807, 2.05) is 11.3 Å². The second kappa shape index (κ2) is 6.01. The fourth-order valence-electron chi connectivity index (χ4n) is 2.89. The molecule has 96 valence electrons. The second-order valence-electron chi connectivity index (χ2n) is 5.45. The molecule has 1 aromatic heterocycles. The summed E-state index contributed by atoms with van der Waals surface area (Å²) >= 11 is 1.92. The first-order valence-electron chi connectivity index (χ1n) is 6.98. The summed E-state index contributed by atoms with van der Waals surface area (Å²) < 4.78 is 0. The van der Waals surface area contributed by atoms with Gasteiger partial charge in [-0.1, -0.05) is 13.3 Å². The van der Waals surface area contributed by atoms with Crippen molar-refractivity contribution in [1.29, 1.82) is 0 Å².